The normalized spacial score (nSPS) is 13.0. The average Bonchev–Trinajstić information content (AvgIpc) is 4.05. The highest BCUT2D eigenvalue weighted by atomic mass is 15.1. The molecular formula is C68H60N2. The lowest BCUT2D eigenvalue weighted by Gasteiger charge is -2.27. The monoisotopic (exact) mass is 904 g/mol. The minimum absolute atomic E-state index is 0.0450. The summed E-state index contributed by atoms with van der Waals surface area (Å²) in [4.78, 5) is 6.22. The summed E-state index contributed by atoms with van der Waals surface area (Å²) in [6.07, 6.45) is 8.56. The van der Waals surface area contributed by atoms with Crippen LogP contribution < -0.4 is 4.90 Å². The zero-order chi connectivity index (χ0) is 47.9. The smallest absolute Gasteiger partial charge is 0.0544 e. The summed E-state index contributed by atoms with van der Waals surface area (Å²) >= 11 is 0. The molecule has 2 aliphatic rings. The Bertz CT molecular complexity index is 3600. The van der Waals surface area contributed by atoms with Crippen molar-refractivity contribution < 1.29 is 0 Å². The highest BCUT2D eigenvalue weighted by Crippen LogP contribution is 2.52. The molecule has 0 fully saturated rings. The van der Waals surface area contributed by atoms with Gasteiger partial charge in [0, 0.05) is 44.3 Å². The van der Waals surface area contributed by atoms with Gasteiger partial charge in [0.05, 0.1) is 5.52 Å². The minimum Gasteiger partial charge on any atom is -0.354 e. The van der Waals surface area contributed by atoms with Crippen molar-refractivity contribution in [3.63, 3.8) is 0 Å². The van der Waals surface area contributed by atoms with Gasteiger partial charge < -0.3 is 9.88 Å². The molecule has 2 nitrogen and oxygen atoms in total. The molecule has 9 aromatic carbocycles. The molecule has 70 heavy (non-hydrogen) atoms. The zero-order valence-electron chi connectivity index (χ0n) is 41.1. The molecule has 12 rings (SSSR count). The van der Waals surface area contributed by atoms with Gasteiger partial charge in [-0.2, -0.15) is 0 Å². The third kappa shape index (κ3) is 7.69. The van der Waals surface area contributed by atoms with E-state index >= 15 is 0 Å². The van der Waals surface area contributed by atoms with Crippen LogP contribution >= 0.6 is 0 Å². The predicted molar refractivity (Wildman–Crippen MR) is 302 cm³/mol. The standard InChI is InChI=1S/C65H52N2.C3H8/c1-5-7-16-42(6-2)56-22-13-23-58-63-55(21-15-26-61(63)66-64(56)58)46-31-37-52-47(39-46)40-48-41-51(36-38-53(48)52)67(49-32-27-44(28-33-49)43-17-9-8-10-18-43)50-34-29-45(30-35-50)54-20-14-25-60-62(54)57-19-11-12-24-59(57)65(60,3)4;1-3-2/h6,8-39,41,66H,2,5,7,40H2,1,3-4H3;3H2,1-2H3/b42-16+;. The summed E-state index contributed by atoms with van der Waals surface area (Å²) < 4.78 is 0. The second-order valence-corrected chi connectivity index (χ2v) is 19.5. The molecule has 0 aliphatic heterocycles. The molecule has 0 radical (unpaired) electrons. The van der Waals surface area contributed by atoms with Gasteiger partial charge in [0.25, 0.3) is 0 Å². The summed E-state index contributed by atoms with van der Waals surface area (Å²) in [7, 11) is 0. The van der Waals surface area contributed by atoms with Gasteiger partial charge in [-0.25, -0.2) is 0 Å². The van der Waals surface area contributed by atoms with E-state index in [1.807, 2.05) is 6.08 Å². The first-order valence-electron chi connectivity index (χ1n) is 25.2. The Morgan fingerprint density at radius 1 is 0.543 bits per heavy atom. The number of nitrogens with zero attached hydrogens (tertiary/aromatic N) is 1. The van der Waals surface area contributed by atoms with Crippen molar-refractivity contribution in [2.45, 2.75) is 65.7 Å². The SMILES string of the molecule is C=C/C(=C\CCC)c1cccc2c1[nH]c1cccc(-c3ccc4c(c3)Cc3cc(N(c5ccc(-c6ccccc6)cc5)c5ccc(-c6cccc7c6-c6ccccc6C7(C)C)cc5)ccc3-4)c12.CCC. The summed E-state index contributed by atoms with van der Waals surface area (Å²) in [5, 5.41) is 2.51. The number of unbranched alkanes of at least 4 members (excludes halogenated alkanes) is 1. The van der Waals surface area contributed by atoms with Crippen LogP contribution in [0.5, 0.6) is 0 Å². The van der Waals surface area contributed by atoms with E-state index in [4.69, 9.17) is 0 Å². The van der Waals surface area contributed by atoms with Crippen molar-refractivity contribution >= 4 is 44.4 Å². The van der Waals surface area contributed by atoms with Crippen LogP contribution in [0.3, 0.4) is 0 Å². The number of hydrogen-bond donors (Lipinski definition) is 1. The fourth-order valence-corrected chi connectivity index (χ4v) is 11.2. The first-order valence-corrected chi connectivity index (χ1v) is 25.2. The third-order valence-electron chi connectivity index (χ3n) is 14.6. The molecular weight excluding hydrogens is 845 g/mol. The van der Waals surface area contributed by atoms with E-state index in [2.05, 4.69) is 251 Å². The molecule has 2 aliphatic carbocycles. The van der Waals surface area contributed by atoms with Crippen molar-refractivity contribution in [2.75, 3.05) is 4.90 Å². The summed E-state index contributed by atoms with van der Waals surface area (Å²) in [6, 6.07) is 72.1. The highest BCUT2D eigenvalue weighted by Gasteiger charge is 2.36. The number of fused-ring (bicyclic) bond motifs is 9. The molecule has 0 bridgehead atoms. The fraction of sp³-hybridized carbons (Fsp3) is 0.147. The Morgan fingerprint density at radius 3 is 1.87 bits per heavy atom. The summed E-state index contributed by atoms with van der Waals surface area (Å²) in [6.45, 7) is 15.3. The predicted octanol–water partition coefficient (Wildman–Crippen LogP) is 19.5. The molecule has 0 unspecified atom stereocenters. The number of hydrogen-bond acceptors (Lipinski definition) is 1. The lowest BCUT2D eigenvalue weighted by molar-refractivity contribution is 0.660. The highest BCUT2D eigenvalue weighted by molar-refractivity contribution is 6.16. The van der Waals surface area contributed by atoms with Crippen LogP contribution in [0.1, 0.15) is 81.7 Å². The minimum atomic E-state index is -0.0450. The van der Waals surface area contributed by atoms with E-state index in [0.29, 0.717) is 0 Å². The first-order chi connectivity index (χ1) is 34.3. The maximum atomic E-state index is 4.17. The second-order valence-electron chi connectivity index (χ2n) is 19.5. The Hall–Kier alpha value is -7.94. The third-order valence-corrected chi connectivity index (χ3v) is 14.6. The lowest BCUT2D eigenvalue weighted by atomic mass is 9.82. The van der Waals surface area contributed by atoms with E-state index in [0.717, 1.165) is 41.8 Å². The van der Waals surface area contributed by atoms with Crippen molar-refractivity contribution in [3.8, 4) is 55.6 Å². The van der Waals surface area contributed by atoms with Crippen LogP contribution in [0.25, 0.3) is 83.0 Å². The van der Waals surface area contributed by atoms with Gasteiger partial charge in [-0.3, -0.25) is 0 Å². The zero-order valence-corrected chi connectivity index (χ0v) is 41.1. The Kier molecular flexibility index (Phi) is 11.8. The van der Waals surface area contributed by atoms with Crippen LogP contribution in [-0.4, -0.2) is 4.98 Å². The van der Waals surface area contributed by atoms with Crippen LogP contribution in [0.2, 0.25) is 0 Å². The molecule has 0 atom stereocenters. The van der Waals surface area contributed by atoms with Crippen molar-refractivity contribution in [2.24, 2.45) is 0 Å². The maximum absolute atomic E-state index is 4.17. The Morgan fingerprint density at radius 2 is 1.13 bits per heavy atom. The number of rotatable bonds is 10. The van der Waals surface area contributed by atoms with Gasteiger partial charge in [0.1, 0.15) is 0 Å². The van der Waals surface area contributed by atoms with Gasteiger partial charge in [0.2, 0.25) is 0 Å². The van der Waals surface area contributed by atoms with Crippen molar-refractivity contribution in [1.82, 2.24) is 4.98 Å². The molecule has 10 aromatic rings. The number of aromatic nitrogens is 1. The van der Waals surface area contributed by atoms with Gasteiger partial charge >= 0.3 is 0 Å². The Balaban J connectivity index is 0.00000174. The Labute approximate surface area is 414 Å². The molecule has 342 valence electrons. The number of nitrogens with one attached hydrogen (secondary N) is 1. The van der Waals surface area contributed by atoms with E-state index in [9.17, 15) is 0 Å². The largest absolute Gasteiger partial charge is 0.354 e. The number of para-hydroxylation sites is 1. The second kappa shape index (κ2) is 18.5. The molecule has 1 N–H and O–H groups in total. The molecule has 2 heteroatoms. The quantitative estimate of drug-likeness (QED) is 0.136. The van der Waals surface area contributed by atoms with E-state index in [1.165, 1.54) is 112 Å². The van der Waals surface area contributed by atoms with Gasteiger partial charge in [-0.05, 0) is 139 Å². The summed E-state index contributed by atoms with van der Waals surface area (Å²) in [5.41, 5.74) is 26.3. The number of aromatic amines is 1. The average molecular weight is 905 g/mol. The first kappa shape index (κ1) is 44.6. The van der Waals surface area contributed by atoms with Crippen molar-refractivity contribution in [3.05, 3.63) is 241 Å². The maximum Gasteiger partial charge on any atom is 0.0544 e. The van der Waals surface area contributed by atoms with Crippen LogP contribution in [0.4, 0.5) is 17.1 Å². The van der Waals surface area contributed by atoms with E-state index < -0.39 is 0 Å². The molecule has 0 saturated heterocycles. The number of anilines is 3. The van der Waals surface area contributed by atoms with Crippen LogP contribution in [0, 0.1) is 0 Å². The summed E-state index contributed by atoms with van der Waals surface area (Å²) in [5.74, 6) is 0. The van der Waals surface area contributed by atoms with E-state index in [1.54, 1.807) is 0 Å². The number of benzene rings is 9. The topological polar surface area (TPSA) is 19.0 Å². The van der Waals surface area contributed by atoms with Crippen LogP contribution in [0.15, 0.2) is 213 Å². The lowest BCUT2D eigenvalue weighted by Crippen LogP contribution is -2.14. The van der Waals surface area contributed by atoms with Gasteiger partial charge in [-0.1, -0.05) is 218 Å². The molecule has 0 saturated carbocycles. The van der Waals surface area contributed by atoms with E-state index in [-0.39, 0.29) is 5.41 Å². The number of allylic oxidation sites excluding steroid dienone is 3. The van der Waals surface area contributed by atoms with Crippen LogP contribution in [-0.2, 0) is 11.8 Å². The molecule has 1 aromatic heterocycles. The molecule has 0 spiro atoms. The fourth-order valence-electron chi connectivity index (χ4n) is 11.2. The number of H-pyrrole nitrogens is 1. The van der Waals surface area contributed by atoms with Gasteiger partial charge in [0.15, 0.2) is 0 Å². The molecule has 0 amide bonds. The van der Waals surface area contributed by atoms with Gasteiger partial charge in [-0.15, -0.1) is 0 Å². The molecule has 1 heterocycles. The van der Waals surface area contributed by atoms with Crippen molar-refractivity contribution in [1.29, 1.82) is 0 Å².